The number of furan rings is 1. The van der Waals surface area contributed by atoms with Crippen molar-refractivity contribution in [1.29, 1.82) is 0 Å². The van der Waals surface area contributed by atoms with Gasteiger partial charge in [-0.05, 0) is 20.2 Å². The lowest BCUT2D eigenvalue weighted by Crippen LogP contribution is -2.09. The van der Waals surface area contributed by atoms with Crippen LogP contribution in [0.15, 0.2) is 29.1 Å². The molecule has 0 aliphatic heterocycles. The molecule has 0 aliphatic rings. The Hall–Kier alpha value is -1.35. The van der Waals surface area contributed by atoms with Crippen LogP contribution in [0.25, 0.3) is 11.0 Å². The number of fused-ring (bicyclic) bond motifs is 1. The van der Waals surface area contributed by atoms with Gasteiger partial charge in [0.25, 0.3) is 0 Å². The van der Waals surface area contributed by atoms with Gasteiger partial charge >= 0.3 is 0 Å². The highest BCUT2D eigenvalue weighted by Crippen LogP contribution is 2.20. The van der Waals surface area contributed by atoms with Crippen molar-refractivity contribution < 1.29 is 4.42 Å². The molecule has 3 nitrogen and oxygen atoms in total. The summed E-state index contributed by atoms with van der Waals surface area (Å²) >= 11 is 0. The van der Waals surface area contributed by atoms with E-state index in [9.17, 15) is 0 Å². The van der Waals surface area contributed by atoms with E-state index in [0.29, 0.717) is 0 Å². The van der Waals surface area contributed by atoms with E-state index in [0.717, 1.165) is 17.5 Å². The number of rotatable bonds is 2. The summed E-state index contributed by atoms with van der Waals surface area (Å²) in [6.45, 7) is 0.900. The van der Waals surface area contributed by atoms with Crippen molar-refractivity contribution >= 4 is 11.0 Å². The summed E-state index contributed by atoms with van der Waals surface area (Å²) in [5, 5.41) is 1.16. The molecule has 2 rings (SSSR count). The summed E-state index contributed by atoms with van der Waals surface area (Å²) in [5.74, 6) is 0. The van der Waals surface area contributed by atoms with Crippen molar-refractivity contribution in [2.24, 2.45) is 0 Å². The van der Waals surface area contributed by atoms with Crippen LogP contribution in [-0.4, -0.2) is 24.0 Å². The molecule has 0 N–H and O–H groups in total. The fourth-order valence-electron chi connectivity index (χ4n) is 1.40. The van der Waals surface area contributed by atoms with Crippen LogP contribution in [0.3, 0.4) is 0 Å². The predicted molar refractivity (Wildman–Crippen MR) is 51.4 cm³/mol. The fraction of sp³-hybridized carbons (Fsp3) is 0.300. The maximum atomic E-state index is 5.36. The van der Waals surface area contributed by atoms with Gasteiger partial charge in [0.2, 0.25) is 0 Å². The van der Waals surface area contributed by atoms with E-state index in [2.05, 4.69) is 9.88 Å². The van der Waals surface area contributed by atoms with E-state index in [-0.39, 0.29) is 0 Å². The first-order chi connectivity index (χ1) is 6.27. The SMILES string of the molecule is CN(C)Cc1coc2cnccc12. The predicted octanol–water partition coefficient (Wildman–Crippen LogP) is 1.89. The van der Waals surface area contributed by atoms with Gasteiger partial charge in [-0.15, -0.1) is 0 Å². The molecular formula is C10H12N2O. The van der Waals surface area contributed by atoms with Crippen LogP contribution in [-0.2, 0) is 6.54 Å². The Kier molecular flexibility index (Phi) is 2.02. The average molecular weight is 176 g/mol. The minimum absolute atomic E-state index is 0.861. The Morgan fingerprint density at radius 2 is 2.31 bits per heavy atom. The molecule has 13 heavy (non-hydrogen) atoms. The zero-order chi connectivity index (χ0) is 9.26. The van der Waals surface area contributed by atoms with E-state index >= 15 is 0 Å². The molecule has 0 amide bonds. The first-order valence-electron chi connectivity index (χ1n) is 4.22. The van der Waals surface area contributed by atoms with Gasteiger partial charge in [-0.3, -0.25) is 4.98 Å². The summed E-state index contributed by atoms with van der Waals surface area (Å²) < 4.78 is 5.36. The smallest absolute Gasteiger partial charge is 0.152 e. The van der Waals surface area contributed by atoms with Crippen molar-refractivity contribution in [1.82, 2.24) is 9.88 Å². The molecule has 2 aromatic heterocycles. The number of hydrogen-bond donors (Lipinski definition) is 0. The van der Waals surface area contributed by atoms with Crippen LogP contribution in [0.5, 0.6) is 0 Å². The van der Waals surface area contributed by atoms with Gasteiger partial charge in [0.05, 0.1) is 12.5 Å². The highest BCUT2D eigenvalue weighted by Gasteiger charge is 2.05. The highest BCUT2D eigenvalue weighted by molar-refractivity contribution is 5.79. The molecular weight excluding hydrogens is 164 g/mol. The van der Waals surface area contributed by atoms with Crippen LogP contribution >= 0.6 is 0 Å². The molecule has 3 heteroatoms. The number of pyridine rings is 1. The van der Waals surface area contributed by atoms with Crippen molar-refractivity contribution in [2.45, 2.75) is 6.54 Å². The van der Waals surface area contributed by atoms with Crippen LogP contribution in [0, 0.1) is 0 Å². The van der Waals surface area contributed by atoms with Crippen molar-refractivity contribution in [3.05, 3.63) is 30.3 Å². The Morgan fingerprint density at radius 3 is 3.08 bits per heavy atom. The van der Waals surface area contributed by atoms with Crippen molar-refractivity contribution in [3.8, 4) is 0 Å². The van der Waals surface area contributed by atoms with Gasteiger partial charge in [0.15, 0.2) is 5.58 Å². The molecule has 0 radical (unpaired) electrons. The third-order valence-corrected chi connectivity index (χ3v) is 1.95. The minimum atomic E-state index is 0.861. The summed E-state index contributed by atoms with van der Waals surface area (Å²) in [4.78, 5) is 6.11. The van der Waals surface area contributed by atoms with E-state index in [1.807, 2.05) is 20.2 Å². The first kappa shape index (κ1) is 8.26. The molecule has 0 aromatic carbocycles. The van der Waals surface area contributed by atoms with E-state index in [1.165, 1.54) is 5.56 Å². The topological polar surface area (TPSA) is 29.3 Å². The number of hydrogen-bond acceptors (Lipinski definition) is 3. The Balaban J connectivity index is 2.46. The standard InChI is InChI=1S/C10H12N2O/c1-12(2)6-8-7-13-10-5-11-4-3-9(8)10/h3-5,7H,6H2,1-2H3. The second kappa shape index (κ2) is 3.18. The zero-order valence-electron chi connectivity index (χ0n) is 7.82. The lowest BCUT2D eigenvalue weighted by Gasteiger charge is -2.06. The summed E-state index contributed by atoms with van der Waals surface area (Å²) in [6.07, 6.45) is 5.33. The second-order valence-electron chi connectivity index (χ2n) is 3.37. The van der Waals surface area contributed by atoms with E-state index in [4.69, 9.17) is 4.42 Å². The molecule has 0 saturated carbocycles. The van der Waals surface area contributed by atoms with Gasteiger partial charge in [-0.1, -0.05) is 0 Å². The molecule has 2 aromatic rings. The number of nitrogens with zero attached hydrogens (tertiary/aromatic N) is 2. The average Bonchev–Trinajstić information content (AvgIpc) is 2.48. The molecule has 2 heterocycles. The Morgan fingerprint density at radius 1 is 1.46 bits per heavy atom. The van der Waals surface area contributed by atoms with Gasteiger partial charge in [-0.25, -0.2) is 0 Å². The molecule has 0 fully saturated rings. The van der Waals surface area contributed by atoms with Crippen LogP contribution in [0.2, 0.25) is 0 Å². The Bertz CT molecular complexity index is 406. The maximum Gasteiger partial charge on any atom is 0.152 e. The molecule has 0 saturated heterocycles. The van der Waals surface area contributed by atoms with Gasteiger partial charge in [0, 0.05) is 23.7 Å². The van der Waals surface area contributed by atoms with Crippen LogP contribution in [0.1, 0.15) is 5.56 Å². The van der Waals surface area contributed by atoms with Gasteiger partial charge in [0.1, 0.15) is 0 Å². The van der Waals surface area contributed by atoms with E-state index < -0.39 is 0 Å². The molecule has 0 bridgehead atoms. The molecule has 0 aliphatic carbocycles. The van der Waals surface area contributed by atoms with Gasteiger partial charge in [-0.2, -0.15) is 0 Å². The normalized spacial score (nSPS) is 11.3. The fourth-order valence-corrected chi connectivity index (χ4v) is 1.40. The zero-order valence-corrected chi connectivity index (χ0v) is 7.82. The summed E-state index contributed by atoms with van der Waals surface area (Å²) in [6, 6.07) is 1.98. The molecule has 0 atom stereocenters. The second-order valence-corrected chi connectivity index (χ2v) is 3.37. The summed E-state index contributed by atoms with van der Waals surface area (Å²) in [5.41, 5.74) is 2.07. The van der Waals surface area contributed by atoms with Crippen LogP contribution < -0.4 is 0 Å². The quantitative estimate of drug-likeness (QED) is 0.699. The van der Waals surface area contributed by atoms with Crippen LogP contribution in [0.4, 0.5) is 0 Å². The maximum absolute atomic E-state index is 5.36. The largest absolute Gasteiger partial charge is 0.462 e. The van der Waals surface area contributed by atoms with E-state index in [1.54, 1.807) is 18.7 Å². The van der Waals surface area contributed by atoms with Gasteiger partial charge < -0.3 is 9.32 Å². The highest BCUT2D eigenvalue weighted by atomic mass is 16.3. The minimum Gasteiger partial charge on any atom is -0.462 e. The van der Waals surface area contributed by atoms with Crippen molar-refractivity contribution in [2.75, 3.05) is 14.1 Å². The van der Waals surface area contributed by atoms with Crippen molar-refractivity contribution in [3.63, 3.8) is 0 Å². The monoisotopic (exact) mass is 176 g/mol. The molecule has 0 unspecified atom stereocenters. The molecule has 0 spiro atoms. The molecule has 68 valence electrons. The lowest BCUT2D eigenvalue weighted by molar-refractivity contribution is 0.401. The lowest BCUT2D eigenvalue weighted by atomic mass is 10.2. The third-order valence-electron chi connectivity index (χ3n) is 1.95. The summed E-state index contributed by atoms with van der Waals surface area (Å²) in [7, 11) is 4.08. The third kappa shape index (κ3) is 1.55. The Labute approximate surface area is 77.0 Å². The first-order valence-corrected chi connectivity index (χ1v) is 4.22. The number of aromatic nitrogens is 1.